The van der Waals surface area contributed by atoms with Crippen LogP contribution in [0.3, 0.4) is 0 Å². The fourth-order valence-electron chi connectivity index (χ4n) is 4.76. The summed E-state index contributed by atoms with van der Waals surface area (Å²) in [6.45, 7) is 2.31. The maximum Gasteiger partial charge on any atom is 0.255 e. The molecule has 4 amide bonds. The van der Waals surface area contributed by atoms with Gasteiger partial charge in [-0.05, 0) is 67.0 Å². The zero-order valence-electron chi connectivity index (χ0n) is 17.9. The van der Waals surface area contributed by atoms with Gasteiger partial charge in [0.05, 0.1) is 6.04 Å². The molecule has 0 spiro atoms. The van der Waals surface area contributed by atoms with Crippen LogP contribution in [0, 0.1) is 12.8 Å². The average molecular weight is 431 g/mol. The number of fused-ring (bicyclic) bond motifs is 1. The molecule has 7 nitrogen and oxygen atoms in total. The van der Waals surface area contributed by atoms with Gasteiger partial charge >= 0.3 is 0 Å². The van der Waals surface area contributed by atoms with Gasteiger partial charge in [0, 0.05) is 24.1 Å². The van der Waals surface area contributed by atoms with Crippen molar-refractivity contribution in [3.05, 3.63) is 70.3 Å². The highest BCUT2D eigenvalue weighted by Crippen LogP contribution is 2.42. The number of aryl methyl sites for hydroxylation is 1. The zero-order chi connectivity index (χ0) is 22.4. The number of carbonyl (C=O) groups is 4. The van der Waals surface area contributed by atoms with Crippen molar-refractivity contribution in [1.29, 1.82) is 0 Å². The molecule has 3 aliphatic rings. The molecule has 1 aliphatic carbocycles. The third kappa shape index (κ3) is 3.68. The van der Waals surface area contributed by atoms with Crippen LogP contribution in [0.25, 0.3) is 0 Å². The van der Waals surface area contributed by atoms with Crippen LogP contribution < -0.4 is 10.6 Å². The molecule has 1 saturated heterocycles. The van der Waals surface area contributed by atoms with Crippen molar-refractivity contribution in [2.75, 3.05) is 0 Å². The van der Waals surface area contributed by atoms with Gasteiger partial charge in [0.25, 0.3) is 11.8 Å². The van der Waals surface area contributed by atoms with Crippen LogP contribution >= 0.6 is 0 Å². The number of rotatable bonds is 5. The Bertz CT molecular complexity index is 1140. The minimum atomic E-state index is -0.662. The van der Waals surface area contributed by atoms with Gasteiger partial charge in [-0.2, -0.15) is 0 Å². The lowest BCUT2D eigenvalue weighted by atomic mass is 9.97. The summed E-state index contributed by atoms with van der Waals surface area (Å²) in [6.07, 6.45) is 2.72. The maximum atomic E-state index is 13.1. The van der Waals surface area contributed by atoms with Gasteiger partial charge in [0.1, 0.15) is 6.04 Å². The number of carbonyl (C=O) groups excluding carboxylic acids is 4. The third-order valence-electron chi connectivity index (χ3n) is 6.69. The molecule has 0 radical (unpaired) electrons. The lowest BCUT2D eigenvalue weighted by Crippen LogP contribution is -2.52. The summed E-state index contributed by atoms with van der Waals surface area (Å²) < 4.78 is 0. The molecule has 1 unspecified atom stereocenters. The molecule has 2 atom stereocenters. The molecule has 0 aromatic heterocycles. The first-order valence-electron chi connectivity index (χ1n) is 11.1. The molecular weight excluding hydrogens is 406 g/mol. The summed E-state index contributed by atoms with van der Waals surface area (Å²) in [5, 5.41) is 5.51. The van der Waals surface area contributed by atoms with E-state index in [4.69, 9.17) is 0 Å². The van der Waals surface area contributed by atoms with E-state index in [1.54, 1.807) is 18.2 Å². The summed E-state index contributed by atoms with van der Waals surface area (Å²) in [5.41, 5.74) is 4.03. The highest BCUT2D eigenvalue weighted by molar-refractivity contribution is 6.06. The fraction of sp³-hybridized carbons (Fsp3) is 0.360. The van der Waals surface area contributed by atoms with E-state index >= 15 is 0 Å². The lowest BCUT2D eigenvalue weighted by Gasteiger charge is -2.29. The summed E-state index contributed by atoms with van der Waals surface area (Å²) >= 11 is 0. The summed E-state index contributed by atoms with van der Waals surface area (Å²) in [4.78, 5) is 51.1. The summed E-state index contributed by atoms with van der Waals surface area (Å²) in [6, 6.07) is 12.5. The molecule has 164 valence electrons. The van der Waals surface area contributed by atoms with E-state index in [-0.39, 0.29) is 36.7 Å². The number of amides is 4. The van der Waals surface area contributed by atoms with Crippen LogP contribution in [-0.4, -0.2) is 34.6 Å². The maximum absolute atomic E-state index is 13.1. The van der Waals surface area contributed by atoms with E-state index < -0.39 is 11.9 Å². The standard InChI is InChI=1S/C25H25N3O4/c1-14-4-2-3-5-18(14)22(15-6-7-15)27-23(30)16-8-9-19-17(12-16)13-28(25(19)32)20-10-11-21(29)26-24(20)31/h2-5,8-9,12,15,20,22H,6-7,10-11,13H2,1H3,(H,27,30)(H,26,29,31)/t20?,22-/m0/s1. The van der Waals surface area contributed by atoms with E-state index in [9.17, 15) is 19.2 Å². The van der Waals surface area contributed by atoms with E-state index in [1.807, 2.05) is 12.1 Å². The highest BCUT2D eigenvalue weighted by Gasteiger charge is 2.39. The Labute approximate surface area is 186 Å². The number of benzene rings is 2. The number of nitrogens with one attached hydrogen (secondary N) is 2. The Morgan fingerprint density at radius 2 is 1.88 bits per heavy atom. The SMILES string of the molecule is Cc1ccccc1[C@@H](NC(=O)c1ccc2c(c1)CN(C1CCC(=O)NC1=O)C2=O)C1CC1. The number of nitrogens with zero attached hydrogens (tertiary/aromatic N) is 1. The van der Waals surface area contributed by atoms with Crippen molar-refractivity contribution in [2.45, 2.75) is 51.2 Å². The molecule has 2 N–H and O–H groups in total. The molecule has 2 heterocycles. The normalized spacial score (nSPS) is 21.2. The highest BCUT2D eigenvalue weighted by atomic mass is 16.2. The van der Waals surface area contributed by atoms with Crippen molar-refractivity contribution < 1.29 is 19.2 Å². The molecule has 2 aromatic carbocycles. The van der Waals surface area contributed by atoms with Crippen LogP contribution in [0.1, 0.15) is 69.1 Å². The topological polar surface area (TPSA) is 95.6 Å². The quantitative estimate of drug-likeness (QED) is 0.712. The van der Waals surface area contributed by atoms with Crippen LogP contribution in [0.2, 0.25) is 0 Å². The predicted molar refractivity (Wildman–Crippen MR) is 117 cm³/mol. The smallest absolute Gasteiger partial charge is 0.255 e. The minimum Gasteiger partial charge on any atom is -0.345 e. The molecule has 5 rings (SSSR count). The van der Waals surface area contributed by atoms with Gasteiger partial charge in [-0.3, -0.25) is 24.5 Å². The van der Waals surface area contributed by atoms with Crippen LogP contribution in [0.5, 0.6) is 0 Å². The Morgan fingerprint density at radius 1 is 1.09 bits per heavy atom. The van der Waals surface area contributed by atoms with E-state index in [2.05, 4.69) is 29.7 Å². The van der Waals surface area contributed by atoms with Gasteiger partial charge in [0.15, 0.2) is 0 Å². The first kappa shape index (κ1) is 20.4. The van der Waals surface area contributed by atoms with Gasteiger partial charge in [-0.15, -0.1) is 0 Å². The number of hydrogen-bond donors (Lipinski definition) is 2. The largest absolute Gasteiger partial charge is 0.345 e. The average Bonchev–Trinajstić information content (AvgIpc) is 3.56. The van der Waals surface area contributed by atoms with Gasteiger partial charge in [-0.25, -0.2) is 0 Å². The first-order chi connectivity index (χ1) is 15.4. The zero-order valence-corrected chi connectivity index (χ0v) is 17.9. The Hall–Kier alpha value is -3.48. The first-order valence-corrected chi connectivity index (χ1v) is 11.1. The minimum absolute atomic E-state index is 0.0291. The molecule has 2 aromatic rings. The summed E-state index contributed by atoms with van der Waals surface area (Å²) in [5.74, 6) is -0.713. The van der Waals surface area contributed by atoms with Crippen molar-refractivity contribution in [2.24, 2.45) is 5.92 Å². The molecular formula is C25H25N3O4. The molecule has 1 saturated carbocycles. The van der Waals surface area contributed by atoms with Crippen LogP contribution in [-0.2, 0) is 16.1 Å². The number of imide groups is 1. The molecule has 0 bridgehead atoms. The third-order valence-corrected chi connectivity index (χ3v) is 6.69. The van der Waals surface area contributed by atoms with Crippen molar-refractivity contribution >= 4 is 23.6 Å². The van der Waals surface area contributed by atoms with Gasteiger partial charge in [-0.1, -0.05) is 24.3 Å². The molecule has 2 fully saturated rings. The van der Waals surface area contributed by atoms with Crippen molar-refractivity contribution in [1.82, 2.24) is 15.5 Å². The van der Waals surface area contributed by atoms with Gasteiger partial charge < -0.3 is 10.2 Å². The predicted octanol–water partition coefficient (Wildman–Crippen LogP) is 2.64. The van der Waals surface area contributed by atoms with Crippen LogP contribution in [0.15, 0.2) is 42.5 Å². The fourth-order valence-corrected chi connectivity index (χ4v) is 4.76. The Morgan fingerprint density at radius 3 is 2.59 bits per heavy atom. The Balaban J connectivity index is 1.34. The number of piperidine rings is 1. The van der Waals surface area contributed by atoms with Gasteiger partial charge in [0.2, 0.25) is 11.8 Å². The van der Waals surface area contributed by atoms with Crippen molar-refractivity contribution in [3.8, 4) is 0 Å². The molecule has 32 heavy (non-hydrogen) atoms. The van der Waals surface area contributed by atoms with E-state index in [0.29, 0.717) is 23.5 Å². The Kier molecular flexibility index (Phi) is 5.04. The second kappa shape index (κ2) is 7.89. The molecule has 2 aliphatic heterocycles. The lowest BCUT2D eigenvalue weighted by molar-refractivity contribution is -0.136. The van der Waals surface area contributed by atoms with E-state index in [1.165, 1.54) is 4.90 Å². The summed E-state index contributed by atoms with van der Waals surface area (Å²) in [7, 11) is 0. The molecule has 7 heteroatoms. The van der Waals surface area contributed by atoms with Crippen molar-refractivity contribution in [3.63, 3.8) is 0 Å². The monoisotopic (exact) mass is 431 g/mol. The second-order valence-corrected chi connectivity index (χ2v) is 8.92. The van der Waals surface area contributed by atoms with E-state index in [0.717, 1.165) is 29.5 Å². The number of hydrogen-bond acceptors (Lipinski definition) is 4. The van der Waals surface area contributed by atoms with Crippen LogP contribution in [0.4, 0.5) is 0 Å². The second-order valence-electron chi connectivity index (χ2n) is 8.92.